The van der Waals surface area contributed by atoms with Gasteiger partial charge in [-0.25, -0.2) is 15.8 Å². The maximum atomic E-state index is 9.04. The normalized spacial score (nSPS) is 13.1. The van der Waals surface area contributed by atoms with Gasteiger partial charge in [0.05, 0.1) is 37.3 Å². The third kappa shape index (κ3) is 3.86. The van der Waals surface area contributed by atoms with Crippen molar-refractivity contribution in [2.45, 2.75) is 18.0 Å². The van der Waals surface area contributed by atoms with E-state index in [0.717, 1.165) is 27.6 Å². The van der Waals surface area contributed by atoms with E-state index in [1.165, 1.54) is 5.56 Å². The van der Waals surface area contributed by atoms with Gasteiger partial charge >= 0.3 is 0 Å². The minimum absolute atomic E-state index is 0.0306. The number of rotatable bonds is 6. The summed E-state index contributed by atoms with van der Waals surface area (Å²) in [5.74, 6) is 6.82. The minimum atomic E-state index is 0.0306. The molecule has 0 unspecified atom stereocenters. The van der Waals surface area contributed by atoms with E-state index in [-0.39, 0.29) is 6.61 Å². The van der Waals surface area contributed by atoms with E-state index in [1.54, 1.807) is 39.9 Å². The number of hydrogen-bond acceptors (Lipinski definition) is 8. The van der Waals surface area contributed by atoms with Crippen molar-refractivity contribution in [3.63, 3.8) is 0 Å². The van der Waals surface area contributed by atoms with Gasteiger partial charge in [0, 0.05) is 22.9 Å². The van der Waals surface area contributed by atoms with E-state index in [2.05, 4.69) is 27.2 Å². The lowest BCUT2D eigenvalue weighted by molar-refractivity contribution is 0.269. The molecular weight excluding hydrogens is 374 g/mol. The molecular formula is C19H21N7OS. The molecule has 0 radical (unpaired) electrons. The molecule has 0 atom stereocenters. The van der Waals surface area contributed by atoms with Crippen molar-refractivity contribution in [3.8, 4) is 11.3 Å². The maximum Gasteiger partial charge on any atom is 0.166 e. The zero-order valence-corrected chi connectivity index (χ0v) is 16.0. The Kier molecular flexibility index (Phi) is 5.29. The van der Waals surface area contributed by atoms with Crippen LogP contribution in [-0.2, 0) is 13.0 Å². The van der Waals surface area contributed by atoms with Gasteiger partial charge in [0.1, 0.15) is 5.03 Å². The van der Waals surface area contributed by atoms with Crippen LogP contribution in [0.2, 0.25) is 0 Å². The number of nitrogens with zero attached hydrogens (tertiary/aromatic N) is 5. The molecule has 0 spiro atoms. The Morgan fingerprint density at radius 1 is 1.29 bits per heavy atom. The second kappa shape index (κ2) is 8.01. The maximum absolute atomic E-state index is 9.04. The molecule has 0 saturated heterocycles. The first kappa shape index (κ1) is 18.5. The number of nitrogen functional groups attached to an aromatic ring is 1. The molecule has 5 N–H and O–H groups in total. The Bertz CT molecular complexity index is 1020. The van der Waals surface area contributed by atoms with E-state index in [9.17, 15) is 0 Å². The zero-order chi connectivity index (χ0) is 19.5. The fourth-order valence-electron chi connectivity index (χ4n) is 2.97. The molecule has 1 aliphatic heterocycles. The summed E-state index contributed by atoms with van der Waals surface area (Å²) in [5, 5.41) is 15.8. The van der Waals surface area contributed by atoms with Gasteiger partial charge < -0.3 is 10.8 Å². The number of hydrazine groups is 1. The SMILES string of the molecule is Nc1ccc(-c2cnn(CCO)c2)nc1N(N)CC1=CCc2cccnc2S1. The van der Waals surface area contributed by atoms with Gasteiger partial charge in [0.2, 0.25) is 0 Å². The van der Waals surface area contributed by atoms with Gasteiger partial charge in [-0.15, -0.1) is 0 Å². The molecule has 4 rings (SSSR count). The van der Waals surface area contributed by atoms with Crippen molar-refractivity contribution in [1.29, 1.82) is 0 Å². The van der Waals surface area contributed by atoms with Crippen LogP contribution in [0.3, 0.4) is 0 Å². The van der Waals surface area contributed by atoms with Crippen molar-refractivity contribution in [2.24, 2.45) is 5.84 Å². The Balaban J connectivity index is 1.52. The number of aliphatic hydroxyl groups excluding tert-OH is 1. The molecule has 3 aromatic heterocycles. The van der Waals surface area contributed by atoms with Crippen LogP contribution in [0.15, 0.2) is 58.9 Å². The molecule has 0 aromatic carbocycles. The molecule has 0 amide bonds. The van der Waals surface area contributed by atoms with Crippen molar-refractivity contribution >= 4 is 23.3 Å². The molecule has 0 saturated carbocycles. The standard InChI is InChI=1S/C19H21N7OS/c20-16-5-6-17(14-10-23-25(11-14)8-9-27)24-18(16)26(21)12-15-4-3-13-2-1-7-22-19(13)28-15/h1-2,4-7,10-11,27H,3,8-9,12,20-21H2. The van der Waals surface area contributed by atoms with Gasteiger partial charge in [-0.3, -0.25) is 9.69 Å². The Morgan fingerprint density at radius 3 is 3.04 bits per heavy atom. The number of aliphatic hydroxyl groups is 1. The largest absolute Gasteiger partial charge is 0.396 e. The van der Waals surface area contributed by atoms with Crippen LogP contribution in [0.5, 0.6) is 0 Å². The van der Waals surface area contributed by atoms with E-state index in [4.69, 9.17) is 16.7 Å². The molecule has 1 aliphatic rings. The van der Waals surface area contributed by atoms with Crippen LogP contribution in [0.4, 0.5) is 11.5 Å². The molecule has 4 heterocycles. The highest BCUT2D eigenvalue weighted by molar-refractivity contribution is 8.03. The van der Waals surface area contributed by atoms with Crippen LogP contribution in [0.25, 0.3) is 11.3 Å². The predicted octanol–water partition coefficient (Wildman–Crippen LogP) is 1.83. The molecule has 3 aromatic rings. The van der Waals surface area contributed by atoms with E-state index in [0.29, 0.717) is 24.6 Å². The number of aromatic nitrogens is 4. The van der Waals surface area contributed by atoms with Crippen LogP contribution in [0, 0.1) is 0 Å². The molecule has 8 nitrogen and oxygen atoms in total. The first-order valence-electron chi connectivity index (χ1n) is 8.87. The number of hydrogen-bond donors (Lipinski definition) is 3. The predicted molar refractivity (Wildman–Crippen MR) is 110 cm³/mol. The summed E-state index contributed by atoms with van der Waals surface area (Å²) >= 11 is 1.62. The van der Waals surface area contributed by atoms with E-state index < -0.39 is 0 Å². The first-order chi connectivity index (χ1) is 13.6. The van der Waals surface area contributed by atoms with Crippen LogP contribution in [0.1, 0.15) is 5.56 Å². The summed E-state index contributed by atoms with van der Waals surface area (Å²) in [7, 11) is 0. The monoisotopic (exact) mass is 395 g/mol. The molecule has 0 fully saturated rings. The number of nitrogens with two attached hydrogens (primary N) is 2. The Labute approximate surface area is 166 Å². The quantitative estimate of drug-likeness (QED) is 0.427. The summed E-state index contributed by atoms with van der Waals surface area (Å²) in [6.45, 7) is 0.958. The van der Waals surface area contributed by atoms with Crippen molar-refractivity contribution in [2.75, 3.05) is 23.9 Å². The summed E-state index contributed by atoms with van der Waals surface area (Å²) in [4.78, 5) is 10.2. The number of thioether (sulfide) groups is 1. The Hall–Kier alpha value is -2.88. The molecule has 0 bridgehead atoms. The average molecular weight is 395 g/mol. The highest BCUT2D eigenvalue weighted by atomic mass is 32.2. The number of anilines is 2. The minimum Gasteiger partial charge on any atom is -0.396 e. The van der Waals surface area contributed by atoms with E-state index >= 15 is 0 Å². The van der Waals surface area contributed by atoms with Gasteiger partial charge in [-0.05, 0) is 30.2 Å². The van der Waals surface area contributed by atoms with Gasteiger partial charge in [-0.1, -0.05) is 23.9 Å². The summed E-state index contributed by atoms with van der Waals surface area (Å²) in [5.41, 5.74) is 9.42. The highest BCUT2D eigenvalue weighted by Gasteiger charge is 2.17. The van der Waals surface area contributed by atoms with Crippen molar-refractivity contribution < 1.29 is 5.11 Å². The number of fused-ring (bicyclic) bond motifs is 1. The Morgan fingerprint density at radius 2 is 2.18 bits per heavy atom. The van der Waals surface area contributed by atoms with Gasteiger partial charge in [-0.2, -0.15) is 5.10 Å². The molecule has 9 heteroatoms. The highest BCUT2D eigenvalue weighted by Crippen LogP contribution is 2.34. The van der Waals surface area contributed by atoms with Crippen molar-refractivity contribution in [3.05, 3.63) is 59.4 Å². The molecule has 0 aliphatic carbocycles. The van der Waals surface area contributed by atoms with Crippen LogP contribution in [-0.4, -0.2) is 38.0 Å². The second-order valence-corrected chi connectivity index (χ2v) is 7.51. The second-order valence-electron chi connectivity index (χ2n) is 6.40. The summed E-state index contributed by atoms with van der Waals surface area (Å²) < 4.78 is 1.67. The van der Waals surface area contributed by atoms with Gasteiger partial charge in [0.15, 0.2) is 5.82 Å². The van der Waals surface area contributed by atoms with Crippen LogP contribution < -0.4 is 16.6 Å². The smallest absolute Gasteiger partial charge is 0.166 e. The fraction of sp³-hybridized carbons (Fsp3) is 0.211. The fourth-order valence-corrected chi connectivity index (χ4v) is 3.99. The summed E-state index contributed by atoms with van der Waals surface area (Å²) in [6, 6.07) is 7.66. The lowest BCUT2D eigenvalue weighted by Crippen LogP contribution is -2.34. The van der Waals surface area contributed by atoms with E-state index in [1.807, 2.05) is 18.3 Å². The third-order valence-corrected chi connectivity index (χ3v) is 5.51. The lowest BCUT2D eigenvalue weighted by atomic mass is 10.2. The third-order valence-electron chi connectivity index (χ3n) is 4.39. The number of pyridine rings is 2. The summed E-state index contributed by atoms with van der Waals surface area (Å²) in [6.07, 6.45) is 8.34. The zero-order valence-electron chi connectivity index (χ0n) is 15.2. The molecule has 28 heavy (non-hydrogen) atoms. The lowest BCUT2D eigenvalue weighted by Gasteiger charge is -2.23. The topological polar surface area (TPSA) is 119 Å². The molecule has 144 valence electrons. The van der Waals surface area contributed by atoms with Gasteiger partial charge in [0.25, 0.3) is 0 Å². The average Bonchev–Trinajstić information content (AvgIpc) is 3.17. The van der Waals surface area contributed by atoms with Crippen LogP contribution >= 0.6 is 11.8 Å². The number of allylic oxidation sites excluding steroid dienone is 1. The first-order valence-corrected chi connectivity index (χ1v) is 9.69. The van der Waals surface area contributed by atoms with Crippen molar-refractivity contribution in [1.82, 2.24) is 19.7 Å².